The first-order valence-electron chi connectivity index (χ1n) is 8.10. The standard InChI is InChI=1S/C17H9Cl2F3N4O3S/c18-12-3-2-11(5-13(12)19)30(27,28)8-10-7-26-6-9(1-4-14(26)23-10)15-24-16(29-25-15)17(20,21)22/h1-7H,8H2. The number of nitrogens with zero attached hydrogens (tertiary/aromatic N) is 4. The average Bonchev–Trinajstić information content (AvgIpc) is 3.29. The van der Waals surface area contributed by atoms with Crippen LogP contribution < -0.4 is 0 Å². The molecule has 30 heavy (non-hydrogen) atoms. The minimum atomic E-state index is -4.75. The van der Waals surface area contributed by atoms with Gasteiger partial charge in [0.1, 0.15) is 5.65 Å². The zero-order valence-electron chi connectivity index (χ0n) is 14.6. The number of benzene rings is 1. The van der Waals surface area contributed by atoms with Crippen molar-refractivity contribution >= 4 is 38.7 Å². The molecule has 0 fully saturated rings. The number of rotatable bonds is 4. The van der Waals surface area contributed by atoms with E-state index in [0.29, 0.717) is 5.65 Å². The maximum atomic E-state index is 12.6. The van der Waals surface area contributed by atoms with E-state index < -0.39 is 27.7 Å². The Morgan fingerprint density at radius 3 is 2.47 bits per heavy atom. The van der Waals surface area contributed by atoms with E-state index in [1.165, 1.54) is 47.1 Å². The Morgan fingerprint density at radius 1 is 1.03 bits per heavy atom. The maximum absolute atomic E-state index is 12.6. The van der Waals surface area contributed by atoms with Gasteiger partial charge in [-0.25, -0.2) is 13.4 Å². The van der Waals surface area contributed by atoms with Gasteiger partial charge in [0.25, 0.3) is 0 Å². The average molecular weight is 477 g/mol. The lowest BCUT2D eigenvalue weighted by Gasteiger charge is -2.04. The molecule has 0 N–H and O–H groups in total. The summed E-state index contributed by atoms with van der Waals surface area (Å²) in [6, 6.07) is 6.92. The molecular formula is C17H9Cl2F3N4O3S. The molecule has 0 radical (unpaired) electrons. The minimum absolute atomic E-state index is 0.0128. The Morgan fingerprint density at radius 2 is 1.80 bits per heavy atom. The molecule has 1 aromatic carbocycles. The fourth-order valence-corrected chi connectivity index (χ4v) is 4.28. The molecule has 3 aromatic heterocycles. The van der Waals surface area contributed by atoms with Crippen molar-refractivity contribution in [1.29, 1.82) is 0 Å². The number of imidazole rings is 1. The van der Waals surface area contributed by atoms with E-state index in [-0.39, 0.29) is 32.0 Å². The largest absolute Gasteiger partial charge is 0.471 e. The lowest BCUT2D eigenvalue weighted by Crippen LogP contribution is -2.05. The summed E-state index contributed by atoms with van der Waals surface area (Å²) in [5, 5.41) is 3.66. The van der Waals surface area contributed by atoms with Crippen LogP contribution in [0.4, 0.5) is 13.2 Å². The van der Waals surface area contributed by atoms with Crippen LogP contribution in [0, 0.1) is 0 Å². The number of aromatic nitrogens is 4. The molecule has 156 valence electrons. The van der Waals surface area contributed by atoms with Crippen molar-refractivity contribution in [3.63, 3.8) is 0 Å². The molecule has 7 nitrogen and oxygen atoms in total. The van der Waals surface area contributed by atoms with Crippen molar-refractivity contribution in [3.05, 3.63) is 64.4 Å². The Labute approximate surface area is 177 Å². The number of fused-ring (bicyclic) bond motifs is 1. The van der Waals surface area contributed by atoms with Crippen LogP contribution in [0.3, 0.4) is 0 Å². The molecule has 0 aliphatic carbocycles. The number of alkyl halides is 3. The van der Waals surface area contributed by atoms with Crippen LogP contribution in [0.1, 0.15) is 11.6 Å². The number of hydrogen-bond acceptors (Lipinski definition) is 6. The van der Waals surface area contributed by atoms with E-state index in [1.807, 2.05) is 0 Å². The van der Waals surface area contributed by atoms with Crippen LogP contribution in [0.15, 0.2) is 52.1 Å². The van der Waals surface area contributed by atoms with E-state index in [4.69, 9.17) is 23.2 Å². The van der Waals surface area contributed by atoms with Gasteiger partial charge in [-0.2, -0.15) is 18.2 Å². The summed E-state index contributed by atoms with van der Waals surface area (Å²) in [5.74, 6) is -2.14. The van der Waals surface area contributed by atoms with Gasteiger partial charge < -0.3 is 8.92 Å². The van der Waals surface area contributed by atoms with Gasteiger partial charge in [-0.3, -0.25) is 0 Å². The van der Waals surface area contributed by atoms with Crippen LogP contribution in [0.2, 0.25) is 10.0 Å². The minimum Gasteiger partial charge on any atom is -0.329 e. The number of halogens is 5. The molecule has 0 bridgehead atoms. The highest BCUT2D eigenvalue weighted by Crippen LogP contribution is 2.30. The van der Waals surface area contributed by atoms with Gasteiger partial charge in [-0.05, 0) is 30.3 Å². The summed E-state index contributed by atoms with van der Waals surface area (Å²) in [6.07, 6.45) is -1.89. The Kier molecular flexibility index (Phi) is 4.99. The lowest BCUT2D eigenvalue weighted by molar-refractivity contribution is -0.159. The molecule has 0 amide bonds. The first-order valence-corrected chi connectivity index (χ1v) is 10.5. The Hall–Kier alpha value is -2.63. The maximum Gasteiger partial charge on any atom is 0.471 e. The first kappa shape index (κ1) is 20.6. The van der Waals surface area contributed by atoms with Crippen molar-refractivity contribution in [2.45, 2.75) is 16.8 Å². The molecule has 0 aliphatic rings. The predicted octanol–water partition coefficient (Wildman–Crippen LogP) is 4.68. The molecule has 4 rings (SSSR count). The van der Waals surface area contributed by atoms with Gasteiger partial charge in [-0.15, -0.1) is 0 Å². The second-order valence-corrected chi connectivity index (χ2v) is 8.98. The van der Waals surface area contributed by atoms with E-state index in [9.17, 15) is 21.6 Å². The highest BCUT2D eigenvalue weighted by atomic mass is 35.5. The van der Waals surface area contributed by atoms with Crippen LogP contribution >= 0.6 is 23.2 Å². The molecular weight excluding hydrogens is 468 g/mol. The first-order chi connectivity index (χ1) is 14.0. The third-order valence-corrected chi connectivity index (χ3v) is 6.40. The van der Waals surface area contributed by atoms with Crippen molar-refractivity contribution in [2.75, 3.05) is 0 Å². The summed E-state index contributed by atoms with van der Waals surface area (Å²) in [6.45, 7) is 0. The van der Waals surface area contributed by atoms with Crippen LogP contribution in [0.5, 0.6) is 0 Å². The summed E-state index contributed by atoms with van der Waals surface area (Å²) in [4.78, 5) is 7.53. The fraction of sp³-hybridized carbons (Fsp3) is 0.118. The monoisotopic (exact) mass is 476 g/mol. The van der Waals surface area contributed by atoms with E-state index in [2.05, 4.69) is 19.6 Å². The lowest BCUT2D eigenvalue weighted by atomic mass is 10.3. The van der Waals surface area contributed by atoms with Gasteiger partial charge in [0.05, 0.1) is 26.4 Å². The molecule has 0 saturated heterocycles. The van der Waals surface area contributed by atoms with Crippen LogP contribution in [-0.2, 0) is 21.8 Å². The second-order valence-electron chi connectivity index (χ2n) is 6.17. The smallest absolute Gasteiger partial charge is 0.329 e. The molecule has 0 spiro atoms. The number of pyridine rings is 1. The molecule has 4 aromatic rings. The normalized spacial score (nSPS) is 12.6. The molecule has 0 aliphatic heterocycles. The van der Waals surface area contributed by atoms with Gasteiger partial charge in [0.2, 0.25) is 5.82 Å². The SMILES string of the molecule is O=S(=O)(Cc1cn2cc(-c3noc(C(F)(F)F)n3)ccc2n1)c1ccc(Cl)c(Cl)c1. The summed E-state index contributed by atoms with van der Waals surface area (Å²) >= 11 is 11.7. The van der Waals surface area contributed by atoms with E-state index in [0.717, 1.165) is 0 Å². The highest BCUT2D eigenvalue weighted by molar-refractivity contribution is 7.90. The zero-order chi connectivity index (χ0) is 21.7. The Balaban J connectivity index is 1.64. The second kappa shape index (κ2) is 7.25. The molecule has 0 atom stereocenters. The molecule has 3 heterocycles. The van der Waals surface area contributed by atoms with Crippen LogP contribution in [0.25, 0.3) is 17.0 Å². The quantitative estimate of drug-likeness (QED) is 0.424. The van der Waals surface area contributed by atoms with Crippen molar-refractivity contribution in [3.8, 4) is 11.4 Å². The van der Waals surface area contributed by atoms with Crippen LogP contribution in [-0.4, -0.2) is 27.9 Å². The van der Waals surface area contributed by atoms with E-state index in [1.54, 1.807) is 0 Å². The Bertz CT molecular complexity index is 1370. The predicted molar refractivity (Wildman–Crippen MR) is 101 cm³/mol. The number of sulfone groups is 1. The van der Waals surface area contributed by atoms with E-state index >= 15 is 0 Å². The summed E-state index contributed by atoms with van der Waals surface area (Å²) in [7, 11) is -3.76. The highest BCUT2D eigenvalue weighted by Gasteiger charge is 2.38. The van der Waals surface area contributed by atoms with Gasteiger partial charge in [0.15, 0.2) is 9.84 Å². The van der Waals surface area contributed by atoms with Gasteiger partial charge >= 0.3 is 12.1 Å². The molecule has 0 unspecified atom stereocenters. The third-order valence-electron chi connectivity index (χ3n) is 4.02. The van der Waals surface area contributed by atoms with Crippen molar-refractivity contribution in [1.82, 2.24) is 19.5 Å². The topological polar surface area (TPSA) is 90.4 Å². The summed E-state index contributed by atoms with van der Waals surface area (Å²) in [5.41, 5.74) is 0.845. The zero-order valence-corrected chi connectivity index (χ0v) is 16.9. The molecule has 0 saturated carbocycles. The fourth-order valence-electron chi connectivity index (χ4n) is 2.65. The van der Waals surface area contributed by atoms with Gasteiger partial charge in [0, 0.05) is 18.0 Å². The summed E-state index contributed by atoms with van der Waals surface area (Å²) < 4.78 is 68.9. The third kappa shape index (κ3) is 4.00. The molecule has 13 heteroatoms. The van der Waals surface area contributed by atoms with Crippen molar-refractivity contribution in [2.24, 2.45) is 0 Å². The van der Waals surface area contributed by atoms with Crippen molar-refractivity contribution < 1.29 is 26.1 Å². The van der Waals surface area contributed by atoms with Gasteiger partial charge in [-0.1, -0.05) is 28.4 Å². The number of hydrogen-bond donors (Lipinski definition) is 0.